The summed E-state index contributed by atoms with van der Waals surface area (Å²) in [6.07, 6.45) is 10.6. The van der Waals surface area contributed by atoms with E-state index in [2.05, 4.69) is 43.7 Å². The van der Waals surface area contributed by atoms with Crippen molar-refractivity contribution in [3.8, 4) is 0 Å². The third-order valence-electron chi connectivity index (χ3n) is 4.83. The molecule has 26 heavy (non-hydrogen) atoms. The molecule has 1 aromatic rings. The van der Waals surface area contributed by atoms with Gasteiger partial charge < -0.3 is 4.74 Å². The summed E-state index contributed by atoms with van der Waals surface area (Å²) >= 11 is 0. The van der Waals surface area contributed by atoms with Gasteiger partial charge in [0.25, 0.3) is 0 Å². The lowest BCUT2D eigenvalue weighted by molar-refractivity contribution is -0.134. The van der Waals surface area contributed by atoms with Gasteiger partial charge in [-0.05, 0) is 92.4 Å². The van der Waals surface area contributed by atoms with Gasteiger partial charge in [-0.3, -0.25) is 0 Å². The number of fused-ring (bicyclic) bond motifs is 1. The van der Waals surface area contributed by atoms with E-state index in [0.717, 1.165) is 5.57 Å². The average molecular weight is 355 g/mol. The van der Waals surface area contributed by atoms with Crippen LogP contribution < -0.4 is 0 Å². The van der Waals surface area contributed by atoms with Gasteiger partial charge in [0.2, 0.25) is 0 Å². The first-order valence-corrected chi connectivity index (χ1v) is 9.67. The van der Waals surface area contributed by atoms with Crippen molar-refractivity contribution in [2.45, 2.75) is 67.2 Å². The number of methoxy groups -OCH3 is 1. The third kappa shape index (κ3) is 6.01. The Morgan fingerprint density at radius 2 is 1.58 bits per heavy atom. The molecule has 1 aromatic carbocycles. The van der Waals surface area contributed by atoms with Gasteiger partial charge >= 0.3 is 5.97 Å². The maximum atomic E-state index is 11.3. The number of carbonyl (C=O) groups is 1. The molecule has 0 saturated carbocycles. The quantitative estimate of drug-likeness (QED) is 0.357. The van der Waals surface area contributed by atoms with Crippen LogP contribution in [0, 0.1) is 6.92 Å². The second kappa shape index (κ2) is 10.8. The Labute approximate surface area is 159 Å². The normalized spacial score (nSPS) is 15.0. The van der Waals surface area contributed by atoms with Crippen LogP contribution in [0.1, 0.15) is 69.7 Å². The van der Waals surface area contributed by atoms with Gasteiger partial charge in [-0.2, -0.15) is 0 Å². The molecule has 0 bridgehead atoms. The molecule has 2 heteroatoms. The van der Waals surface area contributed by atoms with Crippen LogP contribution in [-0.4, -0.2) is 13.1 Å². The second-order valence-electron chi connectivity index (χ2n) is 6.70. The van der Waals surface area contributed by atoms with Crippen molar-refractivity contribution < 1.29 is 9.53 Å². The number of esters is 1. The lowest BCUT2D eigenvalue weighted by atomic mass is 9.86. The van der Waals surface area contributed by atoms with Crippen molar-refractivity contribution in [3.05, 3.63) is 63.8 Å². The van der Waals surface area contributed by atoms with Gasteiger partial charge in [0, 0.05) is 6.08 Å². The molecule has 0 saturated heterocycles. The fourth-order valence-electron chi connectivity index (χ4n) is 3.20. The highest BCUT2D eigenvalue weighted by molar-refractivity contribution is 5.83. The Bertz CT molecular complexity index is 718. The van der Waals surface area contributed by atoms with Gasteiger partial charge in [0.15, 0.2) is 0 Å². The van der Waals surface area contributed by atoms with Crippen molar-refractivity contribution in [1.82, 2.24) is 0 Å². The van der Waals surface area contributed by atoms with Gasteiger partial charge in [-0.15, -0.1) is 0 Å². The molecule has 0 radical (unpaired) electrons. The highest BCUT2D eigenvalue weighted by Crippen LogP contribution is 2.29. The number of benzene rings is 1. The summed E-state index contributed by atoms with van der Waals surface area (Å²) in [7, 11) is 1.39. The molecule has 0 amide bonds. The number of rotatable bonds is 4. The largest absolute Gasteiger partial charge is 0.466 e. The molecule has 0 fully saturated rings. The summed E-state index contributed by atoms with van der Waals surface area (Å²) in [5.41, 5.74) is 9.13. The monoisotopic (exact) mass is 354 g/mol. The number of aryl methyl sites for hydroxylation is 3. The van der Waals surface area contributed by atoms with E-state index in [9.17, 15) is 4.79 Å². The summed E-state index contributed by atoms with van der Waals surface area (Å²) in [4.78, 5) is 11.3. The van der Waals surface area contributed by atoms with Gasteiger partial charge in [0.1, 0.15) is 0 Å². The minimum Gasteiger partial charge on any atom is -0.466 e. The minimum atomic E-state index is -0.318. The zero-order valence-electron chi connectivity index (χ0n) is 17.5. The fourth-order valence-corrected chi connectivity index (χ4v) is 3.20. The van der Waals surface area contributed by atoms with E-state index in [0.29, 0.717) is 0 Å². The topological polar surface area (TPSA) is 26.3 Å². The molecule has 142 valence electrons. The SMILES string of the molecule is CC.COC(=O)/C=C(C)/C=C/C(C)=C(/C)c1cc2c(cc1C)CCCC2. The van der Waals surface area contributed by atoms with Crippen molar-refractivity contribution in [3.63, 3.8) is 0 Å². The number of ether oxygens (including phenoxy) is 1. The predicted molar refractivity (Wildman–Crippen MR) is 112 cm³/mol. The van der Waals surface area contributed by atoms with E-state index in [1.165, 1.54) is 72.3 Å². The zero-order chi connectivity index (χ0) is 19.7. The third-order valence-corrected chi connectivity index (χ3v) is 4.83. The molecule has 0 heterocycles. The first kappa shape index (κ1) is 22.0. The van der Waals surface area contributed by atoms with Crippen molar-refractivity contribution in [1.29, 1.82) is 0 Å². The van der Waals surface area contributed by atoms with Crippen molar-refractivity contribution >= 4 is 11.5 Å². The maximum Gasteiger partial charge on any atom is 0.330 e. The summed E-state index contributed by atoms with van der Waals surface area (Å²) in [5.74, 6) is -0.318. The molecule has 0 unspecified atom stereocenters. The number of hydrogen-bond acceptors (Lipinski definition) is 2. The minimum absolute atomic E-state index is 0.318. The van der Waals surface area contributed by atoms with Crippen molar-refractivity contribution in [2.75, 3.05) is 7.11 Å². The van der Waals surface area contributed by atoms with E-state index in [1.807, 2.05) is 26.8 Å². The van der Waals surface area contributed by atoms with Crippen LogP contribution >= 0.6 is 0 Å². The summed E-state index contributed by atoms with van der Waals surface area (Å²) < 4.78 is 4.65. The Morgan fingerprint density at radius 3 is 2.15 bits per heavy atom. The molecule has 1 aliphatic carbocycles. The highest BCUT2D eigenvalue weighted by atomic mass is 16.5. The Morgan fingerprint density at radius 1 is 1.00 bits per heavy atom. The molecule has 0 spiro atoms. The lowest BCUT2D eigenvalue weighted by Crippen LogP contribution is -2.04. The molecule has 2 nitrogen and oxygen atoms in total. The number of allylic oxidation sites excluding steroid dienone is 5. The van der Waals surface area contributed by atoms with E-state index in [4.69, 9.17) is 0 Å². The Kier molecular flexibility index (Phi) is 9.12. The van der Waals surface area contributed by atoms with Gasteiger partial charge in [-0.25, -0.2) is 4.79 Å². The molecule has 2 rings (SSSR count). The molecule has 1 aliphatic rings. The summed E-state index contributed by atoms with van der Waals surface area (Å²) in [5, 5.41) is 0. The Balaban J connectivity index is 0.00000163. The van der Waals surface area contributed by atoms with E-state index in [1.54, 1.807) is 0 Å². The van der Waals surface area contributed by atoms with E-state index >= 15 is 0 Å². The number of hydrogen-bond donors (Lipinski definition) is 0. The lowest BCUT2D eigenvalue weighted by Gasteiger charge is -2.19. The molecule has 0 aromatic heterocycles. The van der Waals surface area contributed by atoms with Crippen LogP contribution in [0.2, 0.25) is 0 Å². The Hall–Kier alpha value is -2.09. The second-order valence-corrected chi connectivity index (χ2v) is 6.70. The molecular weight excluding hydrogens is 320 g/mol. The van der Waals surface area contributed by atoms with Crippen LogP contribution in [0.3, 0.4) is 0 Å². The first-order chi connectivity index (χ1) is 12.4. The average Bonchev–Trinajstić information content (AvgIpc) is 2.66. The highest BCUT2D eigenvalue weighted by Gasteiger charge is 2.13. The van der Waals surface area contributed by atoms with E-state index in [-0.39, 0.29) is 5.97 Å². The van der Waals surface area contributed by atoms with Gasteiger partial charge in [-0.1, -0.05) is 38.1 Å². The smallest absolute Gasteiger partial charge is 0.330 e. The molecule has 0 atom stereocenters. The summed E-state index contributed by atoms with van der Waals surface area (Å²) in [6.45, 7) is 12.4. The van der Waals surface area contributed by atoms with Crippen LogP contribution in [0.15, 0.2) is 41.5 Å². The summed E-state index contributed by atoms with van der Waals surface area (Å²) in [6, 6.07) is 4.75. The van der Waals surface area contributed by atoms with Crippen LogP contribution in [-0.2, 0) is 22.4 Å². The van der Waals surface area contributed by atoms with Gasteiger partial charge in [0.05, 0.1) is 7.11 Å². The zero-order valence-corrected chi connectivity index (χ0v) is 17.5. The predicted octanol–water partition coefficient (Wildman–Crippen LogP) is 6.37. The van der Waals surface area contributed by atoms with Crippen LogP contribution in [0.4, 0.5) is 0 Å². The van der Waals surface area contributed by atoms with Crippen LogP contribution in [0.25, 0.3) is 5.57 Å². The number of carbonyl (C=O) groups excluding carboxylic acids is 1. The van der Waals surface area contributed by atoms with E-state index < -0.39 is 0 Å². The first-order valence-electron chi connectivity index (χ1n) is 9.67. The molecule has 0 aliphatic heterocycles. The van der Waals surface area contributed by atoms with Crippen molar-refractivity contribution in [2.24, 2.45) is 0 Å². The fraction of sp³-hybridized carbons (Fsp3) is 0.458. The standard InChI is InChI=1S/C22H28O2.C2H6/c1-15(12-22(23)24-5)10-11-16(2)18(4)21-14-20-9-7-6-8-19(20)13-17(21)3;1-2/h10-14H,6-9H2,1-5H3;1-2H3/b11-10+,15-12+,18-16-;. The maximum absolute atomic E-state index is 11.3. The molecular formula is C24H34O2. The van der Waals surface area contributed by atoms with Crippen LogP contribution in [0.5, 0.6) is 0 Å². The molecule has 0 N–H and O–H groups in total.